The van der Waals surface area contributed by atoms with Gasteiger partial charge in [0.1, 0.15) is 0 Å². The lowest BCUT2D eigenvalue weighted by Gasteiger charge is -2.21. The zero-order chi connectivity index (χ0) is 13.7. The van der Waals surface area contributed by atoms with Crippen LogP contribution in [0.4, 0.5) is 11.9 Å². The van der Waals surface area contributed by atoms with E-state index in [0.717, 1.165) is 37.8 Å². The third-order valence-corrected chi connectivity index (χ3v) is 3.98. The van der Waals surface area contributed by atoms with E-state index in [2.05, 4.69) is 20.3 Å². The highest BCUT2D eigenvalue weighted by atomic mass is 32.2. The summed E-state index contributed by atoms with van der Waals surface area (Å²) in [5.74, 6) is 1.34. The molecule has 2 heterocycles. The molecule has 1 aliphatic heterocycles. The van der Waals surface area contributed by atoms with Crippen molar-refractivity contribution < 1.29 is 4.74 Å². The third kappa shape index (κ3) is 4.21. The average molecular weight is 283 g/mol. The Labute approximate surface area is 118 Å². The number of aromatic nitrogens is 3. The molecule has 106 valence electrons. The van der Waals surface area contributed by atoms with Gasteiger partial charge in [-0.25, -0.2) is 0 Å². The fraction of sp³-hybridized carbons (Fsp3) is 0.750. The molecule has 19 heavy (non-hydrogen) atoms. The van der Waals surface area contributed by atoms with Gasteiger partial charge in [0, 0.05) is 39.1 Å². The summed E-state index contributed by atoms with van der Waals surface area (Å²) in [5.41, 5.74) is 0. The van der Waals surface area contributed by atoms with Crippen LogP contribution in [0.1, 0.15) is 19.8 Å². The van der Waals surface area contributed by atoms with Crippen LogP contribution in [-0.4, -0.2) is 54.1 Å². The van der Waals surface area contributed by atoms with E-state index in [1.807, 2.05) is 25.9 Å². The zero-order valence-electron chi connectivity index (χ0n) is 11.7. The van der Waals surface area contributed by atoms with E-state index >= 15 is 0 Å². The van der Waals surface area contributed by atoms with Crippen molar-refractivity contribution >= 4 is 23.7 Å². The fourth-order valence-corrected chi connectivity index (χ4v) is 2.78. The van der Waals surface area contributed by atoms with Gasteiger partial charge in [-0.2, -0.15) is 15.0 Å². The lowest BCUT2D eigenvalue weighted by Crippen LogP contribution is -2.19. The molecule has 0 bridgehead atoms. The summed E-state index contributed by atoms with van der Waals surface area (Å²) >= 11 is 1.73. The van der Waals surface area contributed by atoms with Crippen molar-refractivity contribution in [2.75, 3.05) is 44.1 Å². The second-order valence-electron chi connectivity index (χ2n) is 4.60. The van der Waals surface area contributed by atoms with Crippen LogP contribution in [-0.2, 0) is 4.74 Å². The van der Waals surface area contributed by atoms with Gasteiger partial charge in [0.2, 0.25) is 11.9 Å². The molecular formula is C12H21N5OS. The topological polar surface area (TPSA) is 63.2 Å². The minimum Gasteiger partial charge on any atom is -0.381 e. The van der Waals surface area contributed by atoms with Gasteiger partial charge in [0.25, 0.3) is 0 Å². The maximum atomic E-state index is 5.37. The Balaban J connectivity index is 2.12. The molecule has 1 saturated heterocycles. The molecule has 1 aromatic rings. The molecular weight excluding hydrogens is 262 g/mol. The number of ether oxygens (including phenoxy) is 1. The van der Waals surface area contributed by atoms with Crippen molar-refractivity contribution in [3.8, 4) is 0 Å². The lowest BCUT2D eigenvalue weighted by atomic mass is 10.2. The minimum atomic E-state index is 0.542. The van der Waals surface area contributed by atoms with Crippen LogP contribution < -0.4 is 10.2 Å². The summed E-state index contributed by atoms with van der Waals surface area (Å²) in [6.07, 6.45) is 2.12. The largest absolute Gasteiger partial charge is 0.381 e. The smallest absolute Gasteiger partial charge is 0.230 e. The van der Waals surface area contributed by atoms with Gasteiger partial charge in [-0.15, -0.1) is 0 Å². The van der Waals surface area contributed by atoms with Crippen LogP contribution in [0.15, 0.2) is 5.16 Å². The van der Waals surface area contributed by atoms with Crippen molar-refractivity contribution in [3.63, 3.8) is 0 Å². The highest BCUT2D eigenvalue weighted by Crippen LogP contribution is 2.28. The molecule has 0 saturated carbocycles. The molecule has 0 spiro atoms. The Bertz CT molecular complexity index is 409. The molecule has 0 aromatic carbocycles. The zero-order valence-corrected chi connectivity index (χ0v) is 12.5. The Kier molecular flexibility index (Phi) is 5.21. The van der Waals surface area contributed by atoms with E-state index in [1.165, 1.54) is 0 Å². The molecule has 1 fully saturated rings. The SMILES string of the molecule is CCNc1nc(SC2CCOCC2)nc(N(C)C)n1. The van der Waals surface area contributed by atoms with Crippen LogP contribution in [0.2, 0.25) is 0 Å². The summed E-state index contributed by atoms with van der Waals surface area (Å²) in [4.78, 5) is 15.2. The summed E-state index contributed by atoms with van der Waals surface area (Å²) in [7, 11) is 3.88. The van der Waals surface area contributed by atoms with E-state index in [-0.39, 0.29) is 0 Å². The van der Waals surface area contributed by atoms with Crippen LogP contribution in [0.5, 0.6) is 0 Å². The molecule has 6 nitrogen and oxygen atoms in total. The van der Waals surface area contributed by atoms with E-state index < -0.39 is 0 Å². The predicted molar refractivity (Wildman–Crippen MR) is 78.0 cm³/mol. The van der Waals surface area contributed by atoms with Crippen molar-refractivity contribution in [2.45, 2.75) is 30.2 Å². The molecule has 0 amide bonds. The molecule has 1 N–H and O–H groups in total. The highest BCUT2D eigenvalue weighted by molar-refractivity contribution is 7.99. The van der Waals surface area contributed by atoms with Gasteiger partial charge in [-0.05, 0) is 19.8 Å². The Morgan fingerprint density at radius 1 is 1.26 bits per heavy atom. The van der Waals surface area contributed by atoms with Crippen LogP contribution >= 0.6 is 11.8 Å². The molecule has 7 heteroatoms. The molecule has 2 rings (SSSR count). The molecule has 0 radical (unpaired) electrons. The quantitative estimate of drug-likeness (QED) is 0.881. The fourth-order valence-electron chi connectivity index (χ4n) is 1.78. The van der Waals surface area contributed by atoms with Gasteiger partial charge in [0.15, 0.2) is 5.16 Å². The Hall–Kier alpha value is -1.08. The average Bonchev–Trinajstić information content (AvgIpc) is 2.40. The molecule has 1 aliphatic rings. The number of hydrogen-bond acceptors (Lipinski definition) is 7. The summed E-state index contributed by atoms with van der Waals surface area (Å²) in [5, 5.41) is 4.49. The molecule has 0 unspecified atom stereocenters. The van der Waals surface area contributed by atoms with Gasteiger partial charge in [-0.3, -0.25) is 0 Å². The van der Waals surface area contributed by atoms with Crippen LogP contribution in [0, 0.1) is 0 Å². The van der Waals surface area contributed by atoms with Gasteiger partial charge in [-0.1, -0.05) is 11.8 Å². The molecule has 0 aliphatic carbocycles. The maximum absolute atomic E-state index is 5.37. The van der Waals surface area contributed by atoms with E-state index in [9.17, 15) is 0 Å². The summed E-state index contributed by atoms with van der Waals surface area (Å²) in [6, 6.07) is 0. The first-order valence-corrected chi connectivity index (χ1v) is 7.48. The van der Waals surface area contributed by atoms with Crippen molar-refractivity contribution in [2.24, 2.45) is 0 Å². The number of thioether (sulfide) groups is 1. The normalized spacial score (nSPS) is 16.4. The van der Waals surface area contributed by atoms with Crippen molar-refractivity contribution in [3.05, 3.63) is 0 Å². The number of nitrogens with one attached hydrogen (secondary N) is 1. The maximum Gasteiger partial charge on any atom is 0.230 e. The van der Waals surface area contributed by atoms with Crippen LogP contribution in [0.3, 0.4) is 0 Å². The predicted octanol–water partition coefficient (Wildman–Crippen LogP) is 1.64. The summed E-state index contributed by atoms with van der Waals surface area (Å²) < 4.78 is 5.37. The number of anilines is 2. The number of hydrogen-bond donors (Lipinski definition) is 1. The first-order valence-electron chi connectivity index (χ1n) is 6.60. The Morgan fingerprint density at radius 2 is 2.00 bits per heavy atom. The van der Waals surface area contributed by atoms with Gasteiger partial charge in [0.05, 0.1) is 0 Å². The Morgan fingerprint density at radius 3 is 2.63 bits per heavy atom. The van der Waals surface area contributed by atoms with Crippen LogP contribution in [0.25, 0.3) is 0 Å². The van der Waals surface area contributed by atoms with E-state index in [1.54, 1.807) is 11.8 Å². The second-order valence-corrected chi connectivity index (χ2v) is 5.86. The highest BCUT2D eigenvalue weighted by Gasteiger charge is 2.18. The lowest BCUT2D eigenvalue weighted by molar-refractivity contribution is 0.1000. The molecule has 0 atom stereocenters. The number of rotatable bonds is 5. The van der Waals surface area contributed by atoms with E-state index in [0.29, 0.717) is 17.1 Å². The first kappa shape index (κ1) is 14.3. The van der Waals surface area contributed by atoms with Gasteiger partial charge >= 0.3 is 0 Å². The molecule has 1 aromatic heterocycles. The third-order valence-electron chi connectivity index (χ3n) is 2.78. The standard InChI is InChI=1S/C12H21N5OS/c1-4-13-10-14-11(17(2)3)16-12(15-10)19-9-5-7-18-8-6-9/h9H,4-8H2,1-3H3,(H,13,14,15,16). The first-order chi connectivity index (χ1) is 9.19. The summed E-state index contributed by atoms with van der Waals surface area (Å²) in [6.45, 7) is 4.51. The van der Waals surface area contributed by atoms with Crippen molar-refractivity contribution in [1.82, 2.24) is 15.0 Å². The van der Waals surface area contributed by atoms with E-state index in [4.69, 9.17) is 4.74 Å². The number of nitrogens with zero attached hydrogens (tertiary/aromatic N) is 4. The van der Waals surface area contributed by atoms with Crippen molar-refractivity contribution in [1.29, 1.82) is 0 Å². The second kappa shape index (κ2) is 6.91. The van der Waals surface area contributed by atoms with Gasteiger partial charge < -0.3 is 15.0 Å². The minimum absolute atomic E-state index is 0.542. The monoisotopic (exact) mass is 283 g/mol.